The van der Waals surface area contributed by atoms with Crippen LogP contribution in [0.1, 0.15) is 22.2 Å². The van der Waals surface area contributed by atoms with Crippen molar-refractivity contribution < 1.29 is 4.79 Å². The molecule has 0 bridgehead atoms. The number of nitrogen functional groups attached to an aromatic ring is 1. The van der Waals surface area contributed by atoms with Crippen molar-refractivity contribution in [2.75, 3.05) is 5.73 Å². The van der Waals surface area contributed by atoms with Gasteiger partial charge in [-0.25, -0.2) is 4.68 Å². The van der Waals surface area contributed by atoms with Crippen LogP contribution in [-0.2, 0) is 6.42 Å². The van der Waals surface area contributed by atoms with Crippen molar-refractivity contribution in [1.82, 2.24) is 30.0 Å². The van der Waals surface area contributed by atoms with Crippen molar-refractivity contribution >= 4 is 22.5 Å². The summed E-state index contributed by atoms with van der Waals surface area (Å²) in [5.74, 6) is 0.320. The average molecular weight is 347 g/mol. The van der Waals surface area contributed by atoms with Gasteiger partial charge in [-0.2, -0.15) is 9.78 Å². The molecule has 0 radical (unpaired) electrons. The number of para-hydroxylation sites is 1. The topological polar surface area (TPSA) is 105 Å². The minimum Gasteiger partial charge on any atom is -0.397 e. The summed E-state index contributed by atoms with van der Waals surface area (Å²) in [5, 5.41) is 16.7. The zero-order valence-electron chi connectivity index (χ0n) is 14.1. The maximum absolute atomic E-state index is 13.4. The first-order valence-electron chi connectivity index (χ1n) is 8.20. The normalized spacial score (nSPS) is 12.3. The number of hydrogen-bond donors (Lipinski definition) is 1. The molecular formula is C18H17N7O. The van der Waals surface area contributed by atoms with E-state index >= 15 is 0 Å². The second kappa shape index (κ2) is 6.40. The Hall–Kier alpha value is -3.55. The van der Waals surface area contributed by atoms with E-state index in [1.165, 1.54) is 9.36 Å². The van der Waals surface area contributed by atoms with E-state index in [1.807, 2.05) is 42.5 Å². The molecule has 4 rings (SSSR count). The lowest BCUT2D eigenvalue weighted by Gasteiger charge is -2.17. The zero-order valence-corrected chi connectivity index (χ0v) is 14.1. The summed E-state index contributed by atoms with van der Waals surface area (Å²) >= 11 is 0. The van der Waals surface area contributed by atoms with E-state index in [2.05, 4.69) is 20.6 Å². The Bertz CT molecular complexity index is 1070. The fraction of sp³-hybridized carbons (Fsp3) is 0.167. The Kier molecular flexibility index (Phi) is 3.92. The van der Waals surface area contributed by atoms with Crippen LogP contribution >= 0.6 is 0 Å². The SMILES string of the molecule is Cc1nnnn1[C@H](Cc1ccccc1)C(=O)n1ncc2cccc(N)c21. The summed E-state index contributed by atoms with van der Waals surface area (Å²) in [4.78, 5) is 13.4. The predicted molar refractivity (Wildman–Crippen MR) is 96.5 cm³/mol. The van der Waals surface area contributed by atoms with Crippen molar-refractivity contribution in [3.8, 4) is 0 Å². The van der Waals surface area contributed by atoms with E-state index in [0.29, 0.717) is 23.4 Å². The number of tetrazole rings is 1. The quantitative estimate of drug-likeness (QED) is 0.566. The highest BCUT2D eigenvalue weighted by atomic mass is 16.2. The van der Waals surface area contributed by atoms with Crippen LogP contribution in [0.5, 0.6) is 0 Å². The summed E-state index contributed by atoms with van der Waals surface area (Å²) in [6, 6.07) is 14.6. The smallest absolute Gasteiger partial charge is 0.272 e. The maximum Gasteiger partial charge on any atom is 0.272 e. The third-order valence-corrected chi connectivity index (χ3v) is 4.34. The summed E-state index contributed by atoms with van der Waals surface area (Å²) in [6.07, 6.45) is 2.08. The highest BCUT2D eigenvalue weighted by molar-refractivity contribution is 5.98. The number of aryl methyl sites for hydroxylation is 1. The summed E-state index contributed by atoms with van der Waals surface area (Å²) in [7, 11) is 0. The number of nitrogens with two attached hydrogens (primary N) is 1. The summed E-state index contributed by atoms with van der Waals surface area (Å²) in [6.45, 7) is 1.76. The Labute approximate surface area is 149 Å². The van der Waals surface area contributed by atoms with Gasteiger partial charge in [0.1, 0.15) is 17.4 Å². The van der Waals surface area contributed by atoms with E-state index in [0.717, 1.165) is 10.9 Å². The number of anilines is 1. The lowest BCUT2D eigenvalue weighted by atomic mass is 10.1. The van der Waals surface area contributed by atoms with Gasteiger partial charge in [-0.1, -0.05) is 42.5 Å². The van der Waals surface area contributed by atoms with Gasteiger partial charge in [0.25, 0.3) is 5.91 Å². The van der Waals surface area contributed by atoms with Gasteiger partial charge in [0, 0.05) is 11.8 Å². The fourth-order valence-corrected chi connectivity index (χ4v) is 3.06. The fourth-order valence-electron chi connectivity index (χ4n) is 3.06. The van der Waals surface area contributed by atoms with Gasteiger partial charge in [-0.3, -0.25) is 4.79 Å². The summed E-state index contributed by atoms with van der Waals surface area (Å²) < 4.78 is 2.88. The Morgan fingerprint density at radius 2 is 1.96 bits per heavy atom. The van der Waals surface area contributed by atoms with E-state index < -0.39 is 6.04 Å². The first kappa shape index (κ1) is 15.9. The molecule has 8 heteroatoms. The number of fused-ring (bicyclic) bond motifs is 1. The molecule has 0 aliphatic heterocycles. The molecule has 2 aromatic heterocycles. The van der Waals surface area contributed by atoms with Crippen LogP contribution in [0, 0.1) is 6.92 Å². The van der Waals surface area contributed by atoms with Crippen molar-refractivity contribution in [3.05, 3.63) is 66.1 Å². The second-order valence-corrected chi connectivity index (χ2v) is 6.06. The number of carbonyl (C=O) groups excluding carboxylic acids is 1. The average Bonchev–Trinajstić information content (AvgIpc) is 3.27. The number of aromatic nitrogens is 6. The number of nitrogens with zero attached hydrogens (tertiary/aromatic N) is 6. The number of carbonyl (C=O) groups is 1. The molecule has 4 aromatic rings. The highest BCUT2D eigenvalue weighted by Crippen LogP contribution is 2.24. The van der Waals surface area contributed by atoms with E-state index in [-0.39, 0.29) is 5.91 Å². The first-order valence-corrected chi connectivity index (χ1v) is 8.20. The van der Waals surface area contributed by atoms with Gasteiger partial charge >= 0.3 is 0 Å². The molecule has 2 N–H and O–H groups in total. The monoisotopic (exact) mass is 347 g/mol. The molecule has 8 nitrogen and oxygen atoms in total. The molecule has 0 amide bonds. The third-order valence-electron chi connectivity index (χ3n) is 4.34. The van der Waals surface area contributed by atoms with Crippen LogP contribution in [0.3, 0.4) is 0 Å². The van der Waals surface area contributed by atoms with E-state index in [1.54, 1.807) is 19.2 Å². The van der Waals surface area contributed by atoms with Crippen molar-refractivity contribution in [2.24, 2.45) is 0 Å². The van der Waals surface area contributed by atoms with Gasteiger partial charge in [0.15, 0.2) is 0 Å². The Morgan fingerprint density at radius 3 is 2.69 bits per heavy atom. The van der Waals surface area contributed by atoms with Gasteiger partial charge in [-0.15, -0.1) is 5.10 Å². The molecule has 2 aromatic carbocycles. The third kappa shape index (κ3) is 2.71. The standard InChI is InChI=1S/C18H17N7O/c1-12-21-22-23-24(12)16(10-13-6-3-2-4-7-13)18(26)25-17-14(11-20-25)8-5-9-15(17)19/h2-9,11,16H,10,19H2,1H3/t16-/m1/s1. The highest BCUT2D eigenvalue weighted by Gasteiger charge is 2.27. The van der Waals surface area contributed by atoms with Crippen molar-refractivity contribution in [1.29, 1.82) is 0 Å². The lowest BCUT2D eigenvalue weighted by Crippen LogP contribution is -2.29. The van der Waals surface area contributed by atoms with Crippen molar-refractivity contribution in [3.63, 3.8) is 0 Å². The van der Waals surface area contributed by atoms with Crippen LogP contribution in [0.4, 0.5) is 5.69 Å². The van der Waals surface area contributed by atoms with Crippen LogP contribution in [-0.4, -0.2) is 35.9 Å². The molecule has 0 spiro atoms. The molecule has 130 valence electrons. The molecule has 26 heavy (non-hydrogen) atoms. The molecule has 0 fully saturated rings. The molecule has 2 heterocycles. The minimum atomic E-state index is -0.630. The minimum absolute atomic E-state index is 0.239. The Balaban J connectivity index is 1.80. The number of rotatable bonds is 4. The maximum atomic E-state index is 13.4. The van der Waals surface area contributed by atoms with E-state index in [9.17, 15) is 4.79 Å². The molecule has 0 aliphatic rings. The van der Waals surface area contributed by atoms with Crippen LogP contribution in [0.15, 0.2) is 54.7 Å². The van der Waals surface area contributed by atoms with Crippen LogP contribution < -0.4 is 5.73 Å². The first-order chi connectivity index (χ1) is 12.6. The molecular weight excluding hydrogens is 330 g/mol. The summed E-state index contributed by atoms with van der Waals surface area (Å²) in [5.41, 5.74) is 8.18. The number of benzene rings is 2. The molecule has 0 aliphatic carbocycles. The molecule has 1 atom stereocenters. The Morgan fingerprint density at radius 1 is 1.15 bits per heavy atom. The van der Waals surface area contributed by atoms with E-state index in [4.69, 9.17) is 5.73 Å². The predicted octanol–water partition coefficient (Wildman–Crippen LogP) is 2.04. The van der Waals surface area contributed by atoms with Gasteiger partial charge in [-0.05, 0) is 29.0 Å². The second-order valence-electron chi connectivity index (χ2n) is 6.06. The molecule has 0 saturated heterocycles. The van der Waals surface area contributed by atoms with Crippen molar-refractivity contribution in [2.45, 2.75) is 19.4 Å². The lowest BCUT2D eigenvalue weighted by molar-refractivity contribution is 0.0817. The zero-order chi connectivity index (χ0) is 18.1. The molecule has 0 saturated carbocycles. The van der Waals surface area contributed by atoms with Gasteiger partial charge in [0.05, 0.1) is 11.9 Å². The van der Waals surface area contributed by atoms with Gasteiger partial charge in [0.2, 0.25) is 0 Å². The number of hydrogen-bond acceptors (Lipinski definition) is 6. The van der Waals surface area contributed by atoms with Crippen LogP contribution in [0.25, 0.3) is 10.9 Å². The van der Waals surface area contributed by atoms with Crippen LogP contribution in [0.2, 0.25) is 0 Å². The largest absolute Gasteiger partial charge is 0.397 e. The van der Waals surface area contributed by atoms with Gasteiger partial charge < -0.3 is 5.73 Å². The molecule has 0 unspecified atom stereocenters.